The van der Waals surface area contributed by atoms with E-state index in [-0.39, 0.29) is 44.8 Å². The highest BCUT2D eigenvalue weighted by Crippen LogP contribution is 2.22. The lowest BCUT2D eigenvalue weighted by molar-refractivity contribution is -0.139. The molecule has 2 unspecified atom stereocenters. The van der Waals surface area contributed by atoms with E-state index in [0.29, 0.717) is 25.0 Å². The van der Waals surface area contributed by atoms with Crippen LogP contribution in [0.4, 0.5) is 4.79 Å². The second kappa shape index (κ2) is 21.8. The average Bonchev–Trinajstić information content (AvgIpc) is 3.72. The fourth-order valence-electron chi connectivity index (χ4n) is 6.63. The molecular formula is C43H58N6O8. The van der Waals surface area contributed by atoms with Gasteiger partial charge in [-0.3, -0.25) is 14.4 Å². The van der Waals surface area contributed by atoms with Gasteiger partial charge in [0, 0.05) is 32.1 Å². The largest absolute Gasteiger partial charge is 0.445 e. The predicted molar refractivity (Wildman–Crippen MR) is 216 cm³/mol. The number of H-pyrrole nitrogens is 1. The van der Waals surface area contributed by atoms with Crippen molar-refractivity contribution in [2.24, 2.45) is 11.8 Å². The minimum Gasteiger partial charge on any atom is -0.445 e. The lowest BCUT2D eigenvalue weighted by atomic mass is 9.92. The molecule has 0 fully saturated rings. The number of imidazole rings is 1. The molecule has 0 bridgehead atoms. The van der Waals surface area contributed by atoms with E-state index in [1.807, 2.05) is 93.6 Å². The van der Waals surface area contributed by atoms with Crippen LogP contribution in [0.5, 0.6) is 0 Å². The van der Waals surface area contributed by atoms with Crippen molar-refractivity contribution in [2.75, 3.05) is 6.61 Å². The van der Waals surface area contributed by atoms with Crippen molar-refractivity contribution in [2.45, 2.75) is 109 Å². The Labute approximate surface area is 334 Å². The maximum Gasteiger partial charge on any atom is 0.408 e. The van der Waals surface area contributed by atoms with Crippen molar-refractivity contribution in [1.82, 2.24) is 31.2 Å². The van der Waals surface area contributed by atoms with Crippen LogP contribution in [0.1, 0.15) is 76.6 Å². The first-order valence-corrected chi connectivity index (χ1v) is 19.7. The van der Waals surface area contributed by atoms with Crippen molar-refractivity contribution in [3.63, 3.8) is 0 Å². The Kier molecular flexibility index (Phi) is 17.0. The number of aromatic amines is 1. The monoisotopic (exact) mass is 786 g/mol. The van der Waals surface area contributed by atoms with Gasteiger partial charge in [-0.2, -0.15) is 0 Å². The molecule has 6 atom stereocenters. The Morgan fingerprint density at radius 1 is 0.825 bits per heavy atom. The van der Waals surface area contributed by atoms with E-state index in [0.717, 1.165) is 21.9 Å². The van der Waals surface area contributed by atoms with Gasteiger partial charge in [0.1, 0.15) is 24.4 Å². The number of aliphatic hydroxyl groups is 3. The second-order valence-electron chi connectivity index (χ2n) is 15.0. The molecule has 0 aliphatic carbocycles. The minimum atomic E-state index is -1.67. The van der Waals surface area contributed by atoms with Gasteiger partial charge in [0.25, 0.3) is 0 Å². The highest BCUT2D eigenvalue weighted by atomic mass is 16.5. The van der Waals surface area contributed by atoms with E-state index in [2.05, 4.69) is 31.2 Å². The number of amides is 4. The fraction of sp³-hybridized carbons (Fsp3) is 0.465. The zero-order chi connectivity index (χ0) is 41.4. The number of rotatable bonds is 22. The van der Waals surface area contributed by atoms with E-state index >= 15 is 0 Å². The summed E-state index contributed by atoms with van der Waals surface area (Å²) in [6.45, 7) is 6.96. The summed E-state index contributed by atoms with van der Waals surface area (Å²) in [5, 5.41) is 45.0. The van der Waals surface area contributed by atoms with Gasteiger partial charge in [-0.15, -0.1) is 0 Å². The number of nitrogens with zero attached hydrogens (tertiary/aromatic N) is 1. The predicted octanol–water partition coefficient (Wildman–Crippen LogP) is 4.03. The van der Waals surface area contributed by atoms with Gasteiger partial charge < -0.3 is 46.3 Å². The number of aromatic nitrogens is 2. The molecule has 4 amide bonds. The zero-order valence-electron chi connectivity index (χ0n) is 33.2. The molecule has 8 N–H and O–H groups in total. The molecule has 3 aromatic carbocycles. The van der Waals surface area contributed by atoms with Crippen molar-refractivity contribution in [3.05, 3.63) is 102 Å². The van der Waals surface area contributed by atoms with E-state index < -0.39 is 59.7 Å². The SMILES string of the molecule is CCC[C@H](NC(=O)[C@H](Cc1c[nH]cn1)NC(=O)[C@H](Cc1cccc2ccccc12)NC(=O)OCc1ccccc1)[C@@H](O)C(C)C(=O)NC(O)(CCO)CCC(C)C. The molecule has 0 radical (unpaired) electrons. The van der Waals surface area contributed by atoms with Crippen molar-refractivity contribution < 1.29 is 39.2 Å². The van der Waals surface area contributed by atoms with E-state index in [4.69, 9.17) is 4.74 Å². The second-order valence-corrected chi connectivity index (χ2v) is 15.0. The number of carbonyl (C=O) groups is 4. The molecule has 1 heterocycles. The Bertz CT molecular complexity index is 1870. The number of alkyl carbamates (subject to hydrolysis) is 1. The zero-order valence-corrected chi connectivity index (χ0v) is 33.2. The van der Waals surface area contributed by atoms with E-state index in [1.165, 1.54) is 13.3 Å². The van der Waals surface area contributed by atoms with Crippen LogP contribution >= 0.6 is 0 Å². The Balaban J connectivity index is 1.55. The summed E-state index contributed by atoms with van der Waals surface area (Å²) in [6.07, 6.45) is 2.45. The van der Waals surface area contributed by atoms with E-state index in [9.17, 15) is 34.5 Å². The van der Waals surface area contributed by atoms with Crippen LogP contribution in [0.3, 0.4) is 0 Å². The third-order valence-electron chi connectivity index (χ3n) is 10.0. The van der Waals surface area contributed by atoms with Crippen LogP contribution in [0.25, 0.3) is 10.8 Å². The topological polar surface area (TPSA) is 215 Å². The van der Waals surface area contributed by atoms with Crippen LogP contribution in [-0.4, -0.2) is 85.7 Å². The number of hydrogen-bond acceptors (Lipinski definition) is 9. The van der Waals surface area contributed by atoms with Crippen molar-refractivity contribution >= 4 is 34.6 Å². The molecule has 14 heteroatoms. The van der Waals surface area contributed by atoms with Gasteiger partial charge >= 0.3 is 6.09 Å². The standard InChI is InChI=1S/C43H58N6O8/c1-5-12-35(38(51)29(4)39(52)49-43(56,21-22-50)20-19-28(2)3)46-41(54)37(24-33-25-44-27-45-33)47-40(53)36(48-42(55)57-26-30-13-7-6-8-14-30)23-32-17-11-16-31-15-9-10-18-34(31)32/h6-11,13-18,25,27-29,35-38,50-51,56H,5,12,19-24,26H2,1-4H3,(H,44,45)(H,46,54)(H,47,53)(H,48,55)(H,49,52)/t29?,35-,36-,37-,38-,43?/m0/s1. The third kappa shape index (κ3) is 13.7. The Hall–Kier alpha value is -5.31. The summed E-state index contributed by atoms with van der Waals surface area (Å²) in [5.74, 6) is -2.75. The molecule has 4 rings (SSSR count). The number of ether oxygens (including phenoxy) is 1. The highest BCUT2D eigenvalue weighted by Gasteiger charge is 2.37. The summed E-state index contributed by atoms with van der Waals surface area (Å²) >= 11 is 0. The first-order valence-electron chi connectivity index (χ1n) is 19.7. The molecule has 14 nitrogen and oxygen atoms in total. The molecule has 0 saturated heterocycles. The van der Waals surface area contributed by atoms with Crippen LogP contribution in [-0.2, 0) is 38.6 Å². The molecule has 57 heavy (non-hydrogen) atoms. The maximum absolute atomic E-state index is 14.2. The molecule has 0 saturated carbocycles. The van der Waals surface area contributed by atoms with Crippen LogP contribution in [0.2, 0.25) is 0 Å². The average molecular weight is 787 g/mol. The van der Waals surface area contributed by atoms with Gasteiger partial charge in [-0.05, 0) is 47.1 Å². The third-order valence-corrected chi connectivity index (χ3v) is 10.0. The fourth-order valence-corrected chi connectivity index (χ4v) is 6.63. The van der Waals surface area contributed by atoms with E-state index in [1.54, 1.807) is 6.20 Å². The Morgan fingerprint density at radius 2 is 1.51 bits per heavy atom. The molecule has 0 spiro atoms. The summed E-state index contributed by atoms with van der Waals surface area (Å²) in [4.78, 5) is 62.0. The van der Waals surface area contributed by atoms with Gasteiger partial charge in [0.05, 0.1) is 30.1 Å². The summed E-state index contributed by atoms with van der Waals surface area (Å²) in [7, 11) is 0. The first-order chi connectivity index (χ1) is 27.3. The molecule has 0 aliphatic rings. The van der Waals surface area contributed by atoms with Crippen molar-refractivity contribution in [1.29, 1.82) is 0 Å². The number of nitrogens with one attached hydrogen (secondary N) is 5. The lowest BCUT2D eigenvalue weighted by Gasteiger charge is -2.34. The van der Waals surface area contributed by atoms with Gasteiger partial charge in [-0.25, -0.2) is 9.78 Å². The number of benzene rings is 3. The van der Waals surface area contributed by atoms with Gasteiger partial charge in [-0.1, -0.05) is 107 Å². The number of aliphatic hydroxyl groups excluding tert-OH is 2. The molecule has 308 valence electrons. The van der Waals surface area contributed by atoms with Crippen LogP contribution in [0, 0.1) is 11.8 Å². The minimum absolute atomic E-state index is 0.0181. The smallest absolute Gasteiger partial charge is 0.408 e. The van der Waals surface area contributed by atoms with Crippen LogP contribution in [0.15, 0.2) is 85.3 Å². The number of carbonyl (C=O) groups excluding carboxylic acids is 4. The number of fused-ring (bicyclic) bond motifs is 1. The molecule has 1 aromatic heterocycles. The Morgan fingerprint density at radius 3 is 2.19 bits per heavy atom. The van der Waals surface area contributed by atoms with Crippen molar-refractivity contribution in [3.8, 4) is 0 Å². The summed E-state index contributed by atoms with van der Waals surface area (Å²) < 4.78 is 5.47. The number of hydrogen-bond donors (Lipinski definition) is 8. The molecular weight excluding hydrogens is 729 g/mol. The normalized spacial score (nSPS) is 15.1. The highest BCUT2D eigenvalue weighted by molar-refractivity contribution is 5.93. The molecule has 0 aliphatic heterocycles. The molecule has 4 aromatic rings. The summed E-state index contributed by atoms with van der Waals surface area (Å²) in [6, 6.07) is 19.2. The van der Waals surface area contributed by atoms with Gasteiger partial charge in [0.15, 0.2) is 0 Å². The lowest BCUT2D eigenvalue weighted by Crippen LogP contribution is -2.59. The van der Waals surface area contributed by atoms with Gasteiger partial charge in [0.2, 0.25) is 17.7 Å². The van der Waals surface area contributed by atoms with Crippen LogP contribution < -0.4 is 21.3 Å². The quantitative estimate of drug-likeness (QED) is 0.0539. The first kappa shape index (κ1) is 44.4. The maximum atomic E-state index is 14.2. The summed E-state index contributed by atoms with van der Waals surface area (Å²) in [5.41, 5.74) is 0.359.